The number of nitrogens with one attached hydrogen (secondary N) is 4. The fourth-order valence-corrected chi connectivity index (χ4v) is 2.28. The molecule has 0 saturated carbocycles. The summed E-state index contributed by atoms with van der Waals surface area (Å²) in [6, 6.07) is -1.58. The van der Waals surface area contributed by atoms with Crippen LogP contribution in [0, 0.1) is 0 Å². The summed E-state index contributed by atoms with van der Waals surface area (Å²) in [5.41, 5.74) is 0. The van der Waals surface area contributed by atoms with E-state index in [-0.39, 0.29) is 24.5 Å². The Labute approximate surface area is 143 Å². The predicted octanol–water partition coefficient (Wildman–Crippen LogP) is -1.39. The Morgan fingerprint density at radius 3 is 2.30 bits per heavy atom. The summed E-state index contributed by atoms with van der Waals surface area (Å²) >= 11 is 4.71. The Morgan fingerprint density at radius 1 is 1.17 bits per heavy atom. The van der Waals surface area contributed by atoms with E-state index in [1.165, 1.54) is 6.82 Å². The molecule has 0 bridgehead atoms. The lowest BCUT2D eigenvalue weighted by atomic mass is 9.88. The second kappa shape index (κ2) is 12.4. The minimum Gasteiger partial charge on any atom is -0.437 e. The van der Waals surface area contributed by atoms with Gasteiger partial charge in [-0.15, -0.1) is 0 Å². The fraction of sp³-hybridized carbons (Fsp3) is 0.750. The van der Waals surface area contributed by atoms with Gasteiger partial charge < -0.3 is 26.2 Å². The van der Waals surface area contributed by atoms with Crippen LogP contribution in [0.15, 0.2) is 0 Å². The molecule has 0 aliphatic heterocycles. The quantitative estimate of drug-likeness (QED) is 0.228. The highest BCUT2D eigenvalue weighted by Crippen LogP contribution is 1.96. The molecule has 0 heterocycles. The van der Waals surface area contributed by atoms with Gasteiger partial charge in [-0.1, -0.05) is 18.7 Å². The maximum atomic E-state index is 12.3. The smallest absolute Gasteiger partial charge is 0.373 e. The highest BCUT2D eigenvalue weighted by Gasteiger charge is 2.25. The van der Waals surface area contributed by atoms with Gasteiger partial charge in [0.1, 0.15) is 12.1 Å². The van der Waals surface area contributed by atoms with E-state index < -0.39 is 25.0 Å². The summed E-state index contributed by atoms with van der Waals surface area (Å²) < 4.78 is 0. The van der Waals surface area contributed by atoms with Crippen molar-refractivity contribution in [1.29, 1.82) is 0 Å². The van der Waals surface area contributed by atoms with Crippen molar-refractivity contribution in [2.45, 2.75) is 39.2 Å². The predicted molar refractivity (Wildman–Crippen MR) is 93.8 cm³/mol. The molecule has 0 aliphatic carbocycles. The molecule has 3 amide bonds. The molecule has 0 aromatic heterocycles. The van der Waals surface area contributed by atoms with Gasteiger partial charge in [0.25, 0.3) is 0 Å². The summed E-state index contributed by atoms with van der Waals surface area (Å²) in [4.78, 5) is 35.8. The van der Waals surface area contributed by atoms with Crippen molar-refractivity contribution in [2.24, 2.45) is 0 Å². The number of rotatable bonds is 11. The first kappa shape index (κ1) is 21.9. The van der Waals surface area contributed by atoms with E-state index >= 15 is 0 Å². The average molecular weight is 362 g/mol. The molecule has 8 nitrogen and oxygen atoms in total. The van der Waals surface area contributed by atoms with Crippen LogP contribution in [0.3, 0.4) is 0 Å². The van der Waals surface area contributed by atoms with Gasteiger partial charge in [-0.2, -0.15) is 0 Å². The van der Waals surface area contributed by atoms with Crippen LogP contribution in [-0.4, -0.2) is 61.1 Å². The van der Waals surface area contributed by atoms with Crippen LogP contribution in [-0.2, 0) is 26.2 Å². The maximum absolute atomic E-state index is 12.3. The summed E-state index contributed by atoms with van der Waals surface area (Å²) in [7, 11) is -0.354. The Balaban J connectivity index is 4.83. The van der Waals surface area contributed by atoms with E-state index in [2.05, 4.69) is 21.2 Å². The van der Waals surface area contributed by atoms with Crippen LogP contribution in [0.1, 0.15) is 20.3 Å². The largest absolute Gasteiger partial charge is 0.437 e. The highest BCUT2D eigenvalue weighted by molar-refractivity contribution is 7.96. The van der Waals surface area contributed by atoms with Crippen LogP contribution in [0.5, 0.6) is 0 Å². The number of likely N-dealkylation sites (N-methyl/N-ethyl adjacent to an activating group) is 1. The molecule has 2 unspecified atom stereocenters. The topological polar surface area (TPSA) is 120 Å². The monoisotopic (exact) mass is 362 g/mol. The minimum atomic E-state index is -0.905. The summed E-state index contributed by atoms with van der Waals surface area (Å²) in [6.45, 7) is 5.57. The second-order valence-electron chi connectivity index (χ2n) is 4.86. The van der Waals surface area contributed by atoms with Gasteiger partial charge >= 0.3 is 7.05 Å². The number of amides is 3. The molecular formula is C12H24BN4O4PS. The Bertz CT molecular complexity index is 428. The molecule has 0 rings (SSSR count). The van der Waals surface area contributed by atoms with Gasteiger partial charge in [0, 0.05) is 13.1 Å². The van der Waals surface area contributed by atoms with Crippen LogP contribution < -0.4 is 21.2 Å². The van der Waals surface area contributed by atoms with Gasteiger partial charge in [-0.05, 0) is 27.5 Å². The van der Waals surface area contributed by atoms with Crippen LogP contribution >= 0.6 is 7.36 Å². The van der Waals surface area contributed by atoms with Crippen molar-refractivity contribution >= 4 is 43.9 Å². The molecule has 0 aliphatic rings. The zero-order valence-electron chi connectivity index (χ0n) is 13.6. The van der Waals surface area contributed by atoms with E-state index in [9.17, 15) is 19.4 Å². The van der Waals surface area contributed by atoms with Crippen LogP contribution in [0.25, 0.3) is 0 Å². The van der Waals surface area contributed by atoms with Gasteiger partial charge in [0.05, 0.1) is 6.16 Å². The second-order valence-corrected chi connectivity index (χ2v) is 6.20. The van der Waals surface area contributed by atoms with E-state index in [1.807, 2.05) is 0 Å². The molecule has 0 fully saturated rings. The summed E-state index contributed by atoms with van der Waals surface area (Å²) in [5.74, 6) is -1.13. The van der Waals surface area contributed by atoms with Gasteiger partial charge in [0.2, 0.25) is 17.7 Å². The summed E-state index contributed by atoms with van der Waals surface area (Å²) in [6.07, 6.45) is 0.522. The van der Waals surface area contributed by atoms with Gasteiger partial charge in [-0.3, -0.25) is 14.4 Å². The van der Waals surface area contributed by atoms with Crippen LogP contribution in [0.2, 0.25) is 6.82 Å². The normalized spacial score (nSPS) is 13.0. The summed E-state index contributed by atoms with van der Waals surface area (Å²) in [5, 5.41) is 19.7. The van der Waals surface area contributed by atoms with Crippen molar-refractivity contribution in [3.63, 3.8) is 0 Å². The molecule has 23 heavy (non-hydrogen) atoms. The Hall–Kier alpha value is -1.09. The molecule has 0 saturated heterocycles. The first-order valence-corrected chi connectivity index (χ1v) is 9.52. The number of hydrogen-bond donors (Lipinski definition) is 5. The van der Waals surface area contributed by atoms with Gasteiger partial charge in [-0.25, -0.2) is 0 Å². The molecule has 0 radical (unpaired) electrons. The fourth-order valence-electron chi connectivity index (χ4n) is 1.72. The third kappa shape index (κ3) is 9.60. The van der Waals surface area contributed by atoms with Crippen molar-refractivity contribution in [3.8, 4) is 0 Å². The third-order valence-electron chi connectivity index (χ3n) is 2.87. The molecular weight excluding hydrogens is 338 g/mol. The number of carbonyl (C=O) groups is 3. The molecule has 11 heteroatoms. The lowest BCUT2D eigenvalue weighted by molar-refractivity contribution is -0.131. The van der Waals surface area contributed by atoms with E-state index in [0.717, 1.165) is 0 Å². The van der Waals surface area contributed by atoms with Crippen molar-refractivity contribution < 1.29 is 19.4 Å². The van der Waals surface area contributed by atoms with Gasteiger partial charge in [0.15, 0.2) is 0 Å². The molecule has 0 aromatic carbocycles. The molecule has 130 valence electrons. The van der Waals surface area contributed by atoms with E-state index in [1.54, 1.807) is 13.8 Å². The maximum Gasteiger partial charge on any atom is 0.373 e. The standard InChI is InChI=1S/C12H24BN4O4PS/c1-4-8(11(19)14-5-2)17-12(20)9(6-15-13(3)21)16-10(18)7-22-23/h8-9,15,21H,4-7H2,1-3H3,(H,14,19)(H,16,18)(H,17,20). The minimum absolute atomic E-state index is 0.0371. The lowest BCUT2D eigenvalue weighted by Gasteiger charge is -2.22. The Kier molecular flexibility index (Phi) is 11.8. The molecule has 0 aromatic rings. The first-order valence-electron chi connectivity index (χ1n) is 7.43. The number of carbonyl (C=O) groups excluding carboxylic acids is 3. The first-order chi connectivity index (χ1) is 10.8. The zero-order chi connectivity index (χ0) is 17.8. The molecule has 5 N–H and O–H groups in total. The van der Waals surface area contributed by atoms with Crippen molar-refractivity contribution in [3.05, 3.63) is 0 Å². The zero-order valence-corrected chi connectivity index (χ0v) is 15.3. The third-order valence-corrected chi connectivity index (χ3v) is 3.67. The van der Waals surface area contributed by atoms with E-state index in [0.29, 0.717) is 20.3 Å². The Morgan fingerprint density at radius 2 is 1.83 bits per heavy atom. The average Bonchev–Trinajstić information content (AvgIpc) is 2.48. The van der Waals surface area contributed by atoms with E-state index in [4.69, 9.17) is 11.8 Å². The SMILES string of the molecule is CCNC(=O)C(CC)NC(=O)C(CNB(C)O)NC(=O)CP=S. The van der Waals surface area contributed by atoms with Crippen molar-refractivity contribution in [1.82, 2.24) is 21.2 Å². The number of hydrogen-bond acceptors (Lipinski definition) is 6. The lowest BCUT2D eigenvalue weighted by Crippen LogP contribution is -2.57. The van der Waals surface area contributed by atoms with Crippen LogP contribution in [0.4, 0.5) is 0 Å². The molecule has 0 spiro atoms. The van der Waals surface area contributed by atoms with Crippen molar-refractivity contribution in [2.75, 3.05) is 19.3 Å². The highest BCUT2D eigenvalue weighted by atomic mass is 32.4. The molecule has 2 atom stereocenters.